The second-order valence-corrected chi connectivity index (χ2v) is 4.79. The van der Waals surface area contributed by atoms with Crippen LogP contribution in [0.2, 0.25) is 5.02 Å². The van der Waals surface area contributed by atoms with Gasteiger partial charge in [0.25, 0.3) is 0 Å². The number of hydrogen-bond donors (Lipinski definition) is 1. The van der Waals surface area contributed by atoms with E-state index in [-0.39, 0.29) is 6.04 Å². The second-order valence-electron chi connectivity index (χ2n) is 4.39. The van der Waals surface area contributed by atoms with Crippen LogP contribution in [0.3, 0.4) is 0 Å². The van der Waals surface area contributed by atoms with Crippen LogP contribution in [0.5, 0.6) is 0 Å². The summed E-state index contributed by atoms with van der Waals surface area (Å²) in [6.45, 7) is 3.04. The summed E-state index contributed by atoms with van der Waals surface area (Å²) < 4.78 is 0. The molecule has 1 aliphatic carbocycles. The average molecular weight is 251 g/mol. The number of halogens is 1. The number of allylic oxidation sites excluding steroid dienone is 1. The summed E-state index contributed by atoms with van der Waals surface area (Å²) in [6.07, 6.45) is 9.08. The fourth-order valence-corrected chi connectivity index (χ4v) is 2.57. The Hall–Kier alpha value is -0.860. The van der Waals surface area contributed by atoms with Crippen molar-refractivity contribution in [1.82, 2.24) is 10.3 Å². The standard InChI is InChI=1S/C14H19ClN2/c1-2-16-13(11-7-4-3-5-8-11)14-12(15)9-6-10-17-14/h6-7,9-10,13,16H,2-5,8H2,1H3. The maximum atomic E-state index is 6.24. The summed E-state index contributed by atoms with van der Waals surface area (Å²) in [5.74, 6) is 0. The lowest BCUT2D eigenvalue weighted by Crippen LogP contribution is -2.24. The van der Waals surface area contributed by atoms with Gasteiger partial charge in [-0.1, -0.05) is 30.2 Å². The number of nitrogens with zero attached hydrogens (tertiary/aromatic N) is 1. The van der Waals surface area contributed by atoms with E-state index in [1.807, 2.05) is 18.3 Å². The molecule has 0 bridgehead atoms. The highest BCUT2D eigenvalue weighted by atomic mass is 35.5. The Morgan fingerprint density at radius 1 is 1.47 bits per heavy atom. The zero-order valence-corrected chi connectivity index (χ0v) is 11.0. The van der Waals surface area contributed by atoms with Crippen LogP contribution in [0.15, 0.2) is 30.0 Å². The first kappa shape index (κ1) is 12.6. The normalized spacial score (nSPS) is 17.6. The topological polar surface area (TPSA) is 24.9 Å². The Bertz CT molecular complexity index is 401. The molecule has 0 spiro atoms. The highest BCUT2D eigenvalue weighted by Crippen LogP contribution is 2.31. The predicted molar refractivity (Wildman–Crippen MR) is 72.2 cm³/mol. The first-order valence-corrected chi connectivity index (χ1v) is 6.73. The van der Waals surface area contributed by atoms with Crippen LogP contribution in [0, 0.1) is 0 Å². The van der Waals surface area contributed by atoms with E-state index >= 15 is 0 Å². The van der Waals surface area contributed by atoms with E-state index in [0.717, 1.165) is 23.7 Å². The van der Waals surface area contributed by atoms with E-state index in [0.29, 0.717) is 0 Å². The third-order valence-electron chi connectivity index (χ3n) is 3.17. The van der Waals surface area contributed by atoms with Crippen molar-refractivity contribution >= 4 is 11.6 Å². The first-order valence-electron chi connectivity index (χ1n) is 6.35. The van der Waals surface area contributed by atoms with Crippen molar-refractivity contribution < 1.29 is 0 Å². The number of hydrogen-bond acceptors (Lipinski definition) is 2. The Morgan fingerprint density at radius 2 is 2.35 bits per heavy atom. The molecule has 1 atom stereocenters. The summed E-state index contributed by atoms with van der Waals surface area (Å²) in [4.78, 5) is 4.44. The Labute approximate surface area is 108 Å². The quantitative estimate of drug-likeness (QED) is 0.821. The minimum atomic E-state index is 0.189. The summed E-state index contributed by atoms with van der Waals surface area (Å²) in [5, 5.41) is 4.25. The molecule has 17 heavy (non-hydrogen) atoms. The molecule has 1 aromatic rings. The monoisotopic (exact) mass is 250 g/mol. The maximum absolute atomic E-state index is 6.24. The molecule has 92 valence electrons. The van der Waals surface area contributed by atoms with Crippen LogP contribution >= 0.6 is 11.6 Å². The molecule has 1 heterocycles. The number of aromatic nitrogens is 1. The van der Waals surface area contributed by atoms with Crippen LogP contribution in [0.1, 0.15) is 44.3 Å². The van der Waals surface area contributed by atoms with Crippen molar-refractivity contribution in [1.29, 1.82) is 0 Å². The molecule has 0 fully saturated rings. The van der Waals surface area contributed by atoms with Crippen LogP contribution in [0.4, 0.5) is 0 Å². The van der Waals surface area contributed by atoms with Crippen LogP contribution in [0.25, 0.3) is 0 Å². The molecule has 2 nitrogen and oxygen atoms in total. The van der Waals surface area contributed by atoms with E-state index in [2.05, 4.69) is 23.3 Å². The Kier molecular flexibility index (Phi) is 4.57. The molecule has 0 aromatic carbocycles. The van der Waals surface area contributed by atoms with E-state index in [1.54, 1.807) is 0 Å². The molecular formula is C14H19ClN2. The van der Waals surface area contributed by atoms with Crippen molar-refractivity contribution in [3.63, 3.8) is 0 Å². The highest BCUT2D eigenvalue weighted by Gasteiger charge is 2.20. The SMILES string of the molecule is CCNC(C1=CCCCC1)c1ncccc1Cl. The number of pyridine rings is 1. The van der Waals surface area contributed by atoms with Crippen molar-refractivity contribution in [3.05, 3.63) is 40.7 Å². The zero-order chi connectivity index (χ0) is 12.1. The van der Waals surface area contributed by atoms with Crippen molar-refractivity contribution in [3.8, 4) is 0 Å². The van der Waals surface area contributed by atoms with E-state index in [4.69, 9.17) is 11.6 Å². The molecule has 2 rings (SSSR count). The fraction of sp³-hybridized carbons (Fsp3) is 0.500. The summed E-state index contributed by atoms with van der Waals surface area (Å²) in [5.41, 5.74) is 2.41. The molecule has 1 aromatic heterocycles. The molecule has 1 N–H and O–H groups in total. The minimum absolute atomic E-state index is 0.189. The third-order valence-corrected chi connectivity index (χ3v) is 3.49. The lowest BCUT2D eigenvalue weighted by atomic mass is 9.92. The van der Waals surface area contributed by atoms with Crippen molar-refractivity contribution in [2.75, 3.05) is 6.54 Å². The number of likely N-dealkylation sites (N-methyl/N-ethyl adjacent to an activating group) is 1. The molecular weight excluding hydrogens is 232 g/mol. The summed E-state index contributed by atoms with van der Waals surface area (Å²) >= 11 is 6.24. The molecule has 0 saturated carbocycles. The van der Waals surface area contributed by atoms with E-state index in [1.165, 1.54) is 24.8 Å². The molecule has 1 unspecified atom stereocenters. The van der Waals surface area contributed by atoms with Crippen LogP contribution in [-0.4, -0.2) is 11.5 Å². The lowest BCUT2D eigenvalue weighted by Gasteiger charge is -2.24. The number of rotatable bonds is 4. The minimum Gasteiger partial charge on any atom is -0.305 e. The second kappa shape index (κ2) is 6.18. The van der Waals surface area contributed by atoms with Crippen molar-refractivity contribution in [2.45, 2.75) is 38.6 Å². The lowest BCUT2D eigenvalue weighted by molar-refractivity contribution is 0.554. The van der Waals surface area contributed by atoms with Gasteiger partial charge in [-0.3, -0.25) is 4.98 Å². The van der Waals surface area contributed by atoms with Gasteiger partial charge in [-0.15, -0.1) is 0 Å². The first-order chi connectivity index (χ1) is 8.33. The summed E-state index contributed by atoms with van der Waals surface area (Å²) in [6, 6.07) is 3.98. The van der Waals surface area contributed by atoms with E-state index < -0.39 is 0 Å². The highest BCUT2D eigenvalue weighted by molar-refractivity contribution is 6.31. The smallest absolute Gasteiger partial charge is 0.0801 e. The largest absolute Gasteiger partial charge is 0.305 e. The van der Waals surface area contributed by atoms with E-state index in [9.17, 15) is 0 Å². The van der Waals surface area contributed by atoms with Gasteiger partial charge in [-0.05, 0) is 44.4 Å². The predicted octanol–water partition coefficient (Wildman–Crippen LogP) is 3.89. The van der Waals surface area contributed by atoms with Gasteiger partial charge in [0.2, 0.25) is 0 Å². The third kappa shape index (κ3) is 3.08. The van der Waals surface area contributed by atoms with Gasteiger partial charge in [0.05, 0.1) is 16.8 Å². The van der Waals surface area contributed by atoms with Crippen LogP contribution in [-0.2, 0) is 0 Å². The Balaban J connectivity index is 2.28. The van der Waals surface area contributed by atoms with Gasteiger partial charge in [-0.2, -0.15) is 0 Å². The Morgan fingerprint density at radius 3 is 3.00 bits per heavy atom. The van der Waals surface area contributed by atoms with Gasteiger partial charge in [0, 0.05) is 6.20 Å². The van der Waals surface area contributed by atoms with Gasteiger partial charge in [-0.25, -0.2) is 0 Å². The molecule has 1 aliphatic rings. The van der Waals surface area contributed by atoms with Crippen molar-refractivity contribution in [2.24, 2.45) is 0 Å². The van der Waals surface area contributed by atoms with Gasteiger partial charge >= 0.3 is 0 Å². The molecule has 0 radical (unpaired) electrons. The molecule has 0 saturated heterocycles. The fourth-order valence-electron chi connectivity index (χ4n) is 2.34. The zero-order valence-electron chi connectivity index (χ0n) is 10.2. The maximum Gasteiger partial charge on any atom is 0.0801 e. The molecule has 0 amide bonds. The summed E-state index contributed by atoms with van der Waals surface area (Å²) in [7, 11) is 0. The molecule has 0 aliphatic heterocycles. The number of nitrogens with one attached hydrogen (secondary N) is 1. The van der Waals surface area contributed by atoms with Gasteiger partial charge < -0.3 is 5.32 Å². The van der Waals surface area contributed by atoms with Crippen LogP contribution < -0.4 is 5.32 Å². The molecule has 3 heteroatoms. The van der Waals surface area contributed by atoms with Gasteiger partial charge in [0.1, 0.15) is 0 Å². The van der Waals surface area contributed by atoms with Gasteiger partial charge in [0.15, 0.2) is 0 Å². The average Bonchev–Trinajstić information content (AvgIpc) is 2.38.